The lowest BCUT2D eigenvalue weighted by atomic mass is 10.1. The highest BCUT2D eigenvalue weighted by molar-refractivity contribution is 7.13. The van der Waals surface area contributed by atoms with Crippen LogP contribution in [0.25, 0.3) is 10.6 Å². The number of nitrogens with zero attached hydrogens (tertiary/aromatic N) is 3. The van der Waals surface area contributed by atoms with Gasteiger partial charge in [-0.1, -0.05) is 18.2 Å². The average molecular weight is 407 g/mol. The highest BCUT2D eigenvalue weighted by Gasteiger charge is 2.30. The number of thiazole rings is 1. The van der Waals surface area contributed by atoms with Crippen molar-refractivity contribution in [1.29, 1.82) is 0 Å². The van der Waals surface area contributed by atoms with Crippen LogP contribution in [-0.4, -0.2) is 35.6 Å². The Bertz CT molecular complexity index is 882. The maximum absolute atomic E-state index is 12.7. The molecule has 0 fully saturated rings. The molecule has 0 spiro atoms. The number of alkyl halides is 3. The second-order valence-corrected chi connectivity index (χ2v) is 7.22. The first-order valence-electron chi connectivity index (χ1n) is 8.60. The summed E-state index contributed by atoms with van der Waals surface area (Å²) in [6.45, 7) is 1.06. The van der Waals surface area contributed by atoms with Crippen LogP contribution in [0, 0.1) is 0 Å². The maximum atomic E-state index is 12.7. The molecule has 0 saturated heterocycles. The van der Waals surface area contributed by atoms with Gasteiger partial charge in [0.1, 0.15) is 5.01 Å². The van der Waals surface area contributed by atoms with Crippen molar-refractivity contribution >= 4 is 11.3 Å². The number of aromatic nitrogens is 2. The van der Waals surface area contributed by atoms with Crippen LogP contribution in [0.2, 0.25) is 0 Å². The van der Waals surface area contributed by atoms with E-state index in [0.717, 1.165) is 23.5 Å². The quantitative estimate of drug-likeness (QED) is 0.550. The van der Waals surface area contributed by atoms with Gasteiger partial charge >= 0.3 is 6.18 Å². The van der Waals surface area contributed by atoms with Crippen LogP contribution in [0.4, 0.5) is 13.2 Å². The van der Waals surface area contributed by atoms with Gasteiger partial charge in [0.15, 0.2) is 0 Å². The third-order valence-electron chi connectivity index (χ3n) is 4.31. The van der Waals surface area contributed by atoms with Gasteiger partial charge < -0.3 is 4.74 Å². The molecule has 4 nitrogen and oxygen atoms in total. The van der Waals surface area contributed by atoms with Crippen molar-refractivity contribution in [3.63, 3.8) is 0 Å². The minimum Gasteiger partial charge on any atom is -0.383 e. The van der Waals surface area contributed by atoms with E-state index in [0.29, 0.717) is 23.7 Å². The summed E-state index contributed by atoms with van der Waals surface area (Å²) in [5.41, 5.74) is 1.76. The number of ether oxygens (including phenoxy) is 1. The van der Waals surface area contributed by atoms with Gasteiger partial charge in [-0.15, -0.1) is 11.3 Å². The Kier molecular flexibility index (Phi) is 6.43. The molecular formula is C20H20F3N3OS. The zero-order chi connectivity index (χ0) is 20.1. The Balaban J connectivity index is 1.73. The standard InChI is InChI=1S/C20H20F3N3OS/c1-26(18(12-27-2)17-5-3-4-10-24-17)11-16-13-28-19(25-16)14-6-8-15(9-7-14)20(21,22)23/h3-10,13,18H,11-12H2,1-2H3. The average Bonchev–Trinajstić information content (AvgIpc) is 3.14. The molecule has 1 unspecified atom stereocenters. The van der Waals surface area contributed by atoms with E-state index in [2.05, 4.69) is 14.9 Å². The van der Waals surface area contributed by atoms with Gasteiger partial charge in [-0.25, -0.2) is 4.98 Å². The zero-order valence-corrected chi connectivity index (χ0v) is 16.3. The molecule has 1 atom stereocenters. The van der Waals surface area contributed by atoms with E-state index in [-0.39, 0.29) is 6.04 Å². The number of rotatable bonds is 7. The molecular weight excluding hydrogens is 387 g/mol. The minimum absolute atomic E-state index is 0.0255. The maximum Gasteiger partial charge on any atom is 0.416 e. The third kappa shape index (κ3) is 4.95. The molecule has 0 bridgehead atoms. The van der Waals surface area contributed by atoms with Gasteiger partial charge in [0.2, 0.25) is 0 Å². The van der Waals surface area contributed by atoms with E-state index in [1.807, 2.05) is 30.6 Å². The van der Waals surface area contributed by atoms with Crippen molar-refractivity contribution in [2.24, 2.45) is 0 Å². The third-order valence-corrected chi connectivity index (χ3v) is 5.25. The van der Waals surface area contributed by atoms with E-state index in [1.54, 1.807) is 13.3 Å². The highest BCUT2D eigenvalue weighted by Crippen LogP contribution is 2.32. The molecule has 3 rings (SSSR count). The number of methoxy groups -OCH3 is 1. The summed E-state index contributed by atoms with van der Waals surface area (Å²) >= 11 is 1.41. The molecule has 0 aliphatic heterocycles. The number of halogens is 3. The first-order chi connectivity index (χ1) is 13.4. The topological polar surface area (TPSA) is 38.2 Å². The van der Waals surface area contributed by atoms with Crippen LogP contribution < -0.4 is 0 Å². The van der Waals surface area contributed by atoms with Crippen molar-refractivity contribution in [2.45, 2.75) is 18.8 Å². The minimum atomic E-state index is -4.34. The van der Waals surface area contributed by atoms with Crippen LogP contribution in [-0.2, 0) is 17.5 Å². The Labute approximate surface area is 165 Å². The molecule has 0 aliphatic carbocycles. The summed E-state index contributed by atoms with van der Waals surface area (Å²) in [5.74, 6) is 0. The Morgan fingerprint density at radius 2 is 1.89 bits per heavy atom. The summed E-state index contributed by atoms with van der Waals surface area (Å²) in [6.07, 6.45) is -2.59. The second-order valence-electron chi connectivity index (χ2n) is 6.36. The van der Waals surface area contributed by atoms with Gasteiger partial charge in [-0.3, -0.25) is 9.88 Å². The fourth-order valence-electron chi connectivity index (χ4n) is 2.85. The fraction of sp³-hybridized carbons (Fsp3) is 0.300. The Hall–Kier alpha value is -2.29. The lowest BCUT2D eigenvalue weighted by Crippen LogP contribution is -2.28. The SMILES string of the molecule is COCC(c1ccccn1)N(C)Cc1csc(-c2ccc(C(F)(F)F)cc2)n1. The summed E-state index contributed by atoms with van der Waals surface area (Å²) in [6, 6.07) is 10.8. The first-order valence-corrected chi connectivity index (χ1v) is 9.48. The van der Waals surface area contributed by atoms with Crippen molar-refractivity contribution in [3.05, 3.63) is 71.0 Å². The molecule has 0 saturated carbocycles. The molecule has 2 heterocycles. The van der Waals surface area contributed by atoms with Crippen LogP contribution >= 0.6 is 11.3 Å². The Morgan fingerprint density at radius 1 is 1.14 bits per heavy atom. The van der Waals surface area contributed by atoms with Gasteiger partial charge in [-0.2, -0.15) is 13.2 Å². The van der Waals surface area contributed by atoms with E-state index in [1.165, 1.54) is 23.5 Å². The molecule has 8 heteroatoms. The summed E-state index contributed by atoms with van der Waals surface area (Å²) in [4.78, 5) is 11.1. The van der Waals surface area contributed by atoms with Crippen molar-refractivity contribution in [3.8, 4) is 10.6 Å². The second kappa shape index (κ2) is 8.81. The predicted molar refractivity (Wildman–Crippen MR) is 103 cm³/mol. The highest BCUT2D eigenvalue weighted by atomic mass is 32.1. The number of benzene rings is 1. The molecule has 2 aromatic heterocycles. The molecule has 1 aromatic carbocycles. The van der Waals surface area contributed by atoms with Gasteiger partial charge in [-0.05, 0) is 31.3 Å². The van der Waals surface area contributed by atoms with E-state index in [4.69, 9.17) is 4.74 Å². The lowest BCUT2D eigenvalue weighted by Gasteiger charge is -2.26. The monoisotopic (exact) mass is 407 g/mol. The molecule has 0 radical (unpaired) electrons. The number of pyridine rings is 1. The smallest absolute Gasteiger partial charge is 0.383 e. The Morgan fingerprint density at radius 3 is 2.50 bits per heavy atom. The summed E-state index contributed by atoms with van der Waals surface area (Å²) < 4.78 is 43.5. The van der Waals surface area contributed by atoms with Crippen molar-refractivity contribution in [1.82, 2.24) is 14.9 Å². The first kappa shape index (κ1) is 20.4. The lowest BCUT2D eigenvalue weighted by molar-refractivity contribution is -0.137. The fourth-order valence-corrected chi connectivity index (χ4v) is 3.67. The molecule has 148 valence electrons. The molecule has 0 amide bonds. The molecule has 0 aliphatic rings. The summed E-state index contributed by atoms with van der Waals surface area (Å²) in [7, 11) is 3.62. The predicted octanol–water partition coefficient (Wildman–Crippen LogP) is 5.04. The van der Waals surface area contributed by atoms with Gasteiger partial charge in [0, 0.05) is 30.8 Å². The van der Waals surface area contributed by atoms with E-state index < -0.39 is 11.7 Å². The van der Waals surface area contributed by atoms with E-state index in [9.17, 15) is 13.2 Å². The molecule has 28 heavy (non-hydrogen) atoms. The van der Waals surface area contributed by atoms with Gasteiger partial charge in [0.05, 0.1) is 29.6 Å². The van der Waals surface area contributed by atoms with Crippen LogP contribution in [0.1, 0.15) is 23.0 Å². The van der Waals surface area contributed by atoms with Crippen molar-refractivity contribution in [2.75, 3.05) is 20.8 Å². The number of hydrogen-bond donors (Lipinski definition) is 0. The van der Waals surface area contributed by atoms with Crippen molar-refractivity contribution < 1.29 is 17.9 Å². The normalized spacial score (nSPS) is 13.1. The molecule has 3 aromatic rings. The number of likely N-dealkylation sites (N-methyl/N-ethyl adjacent to an activating group) is 1. The van der Waals surface area contributed by atoms with Crippen LogP contribution in [0.15, 0.2) is 54.0 Å². The van der Waals surface area contributed by atoms with Gasteiger partial charge in [0.25, 0.3) is 0 Å². The zero-order valence-electron chi connectivity index (χ0n) is 15.5. The van der Waals surface area contributed by atoms with E-state index >= 15 is 0 Å². The summed E-state index contributed by atoms with van der Waals surface area (Å²) in [5, 5.41) is 2.62. The van der Waals surface area contributed by atoms with Crippen LogP contribution in [0.5, 0.6) is 0 Å². The largest absolute Gasteiger partial charge is 0.416 e. The number of hydrogen-bond acceptors (Lipinski definition) is 5. The van der Waals surface area contributed by atoms with Crippen LogP contribution in [0.3, 0.4) is 0 Å². The molecule has 0 N–H and O–H groups in total.